The van der Waals surface area contributed by atoms with Gasteiger partial charge in [-0.1, -0.05) is 25.5 Å². The van der Waals surface area contributed by atoms with E-state index in [9.17, 15) is 0 Å². The Morgan fingerprint density at radius 3 is 2.57 bits per heavy atom. The van der Waals surface area contributed by atoms with Crippen molar-refractivity contribution in [2.45, 2.75) is 33.6 Å². The van der Waals surface area contributed by atoms with Gasteiger partial charge in [0.25, 0.3) is 0 Å². The molecule has 1 nitrogen and oxygen atoms in total. The van der Waals surface area contributed by atoms with E-state index < -0.39 is 0 Å². The van der Waals surface area contributed by atoms with E-state index in [1.54, 1.807) is 0 Å². The molecule has 1 N–H and O–H groups in total. The van der Waals surface area contributed by atoms with Crippen LogP contribution in [0.25, 0.3) is 10.9 Å². The lowest BCUT2D eigenvalue weighted by atomic mass is 10.1. The van der Waals surface area contributed by atoms with Gasteiger partial charge < -0.3 is 4.98 Å². The van der Waals surface area contributed by atoms with Crippen molar-refractivity contribution in [3.63, 3.8) is 0 Å². The first-order valence-electron chi connectivity index (χ1n) is 5.36. The van der Waals surface area contributed by atoms with Crippen LogP contribution in [0.1, 0.15) is 30.7 Å². The number of H-pyrrole nitrogens is 1. The molecule has 1 heterocycles. The molecule has 1 aromatic heterocycles. The number of rotatable bonds is 2. The quantitative estimate of drug-likeness (QED) is 0.739. The lowest BCUT2D eigenvalue weighted by Crippen LogP contribution is -1.86. The molecule has 0 aliphatic rings. The Morgan fingerprint density at radius 2 is 1.93 bits per heavy atom. The summed E-state index contributed by atoms with van der Waals surface area (Å²) in [6.07, 6.45) is 2.21. The molecule has 0 unspecified atom stereocenters. The highest BCUT2D eigenvalue weighted by atomic mass is 14.7. The zero-order chi connectivity index (χ0) is 10.1. The van der Waals surface area contributed by atoms with Crippen LogP contribution in [0.2, 0.25) is 0 Å². The zero-order valence-corrected chi connectivity index (χ0v) is 9.15. The Labute approximate surface area is 85.1 Å². The van der Waals surface area contributed by atoms with Crippen LogP contribution >= 0.6 is 0 Å². The van der Waals surface area contributed by atoms with Gasteiger partial charge in [-0.15, -0.1) is 0 Å². The fourth-order valence-corrected chi connectivity index (χ4v) is 2.12. The van der Waals surface area contributed by atoms with Crippen LogP contribution in [0.5, 0.6) is 0 Å². The third kappa shape index (κ3) is 1.33. The number of fused-ring (bicyclic) bond motifs is 1. The van der Waals surface area contributed by atoms with Crippen molar-refractivity contribution in [1.29, 1.82) is 0 Å². The molecule has 2 rings (SSSR count). The lowest BCUT2D eigenvalue weighted by molar-refractivity contribution is 1.01. The molecule has 0 radical (unpaired) electrons. The van der Waals surface area contributed by atoms with Gasteiger partial charge in [0, 0.05) is 16.6 Å². The lowest BCUT2D eigenvalue weighted by Gasteiger charge is -1.98. The van der Waals surface area contributed by atoms with Gasteiger partial charge in [0.05, 0.1) is 0 Å². The predicted molar refractivity (Wildman–Crippen MR) is 61.8 cm³/mol. The first-order valence-corrected chi connectivity index (χ1v) is 5.36. The van der Waals surface area contributed by atoms with E-state index in [0.717, 1.165) is 12.8 Å². The van der Waals surface area contributed by atoms with Gasteiger partial charge in [0.1, 0.15) is 0 Å². The van der Waals surface area contributed by atoms with Crippen LogP contribution in [0.4, 0.5) is 0 Å². The van der Waals surface area contributed by atoms with Crippen molar-refractivity contribution < 1.29 is 0 Å². The van der Waals surface area contributed by atoms with Crippen molar-refractivity contribution in [2.24, 2.45) is 0 Å². The molecule has 2 aromatic rings. The highest BCUT2D eigenvalue weighted by Gasteiger charge is 2.07. The van der Waals surface area contributed by atoms with Gasteiger partial charge >= 0.3 is 0 Å². The molecular formula is C13H17N. The molecule has 0 saturated carbocycles. The second-order valence-electron chi connectivity index (χ2n) is 3.84. The van der Waals surface area contributed by atoms with Gasteiger partial charge in [0.2, 0.25) is 0 Å². The van der Waals surface area contributed by atoms with Crippen molar-refractivity contribution >= 4 is 10.9 Å². The zero-order valence-electron chi connectivity index (χ0n) is 9.15. The van der Waals surface area contributed by atoms with Gasteiger partial charge in [0.15, 0.2) is 0 Å². The highest BCUT2D eigenvalue weighted by molar-refractivity contribution is 5.85. The molecule has 0 aliphatic heterocycles. The largest absolute Gasteiger partial charge is 0.358 e. The molecule has 14 heavy (non-hydrogen) atoms. The first kappa shape index (κ1) is 9.32. The maximum atomic E-state index is 3.49. The van der Waals surface area contributed by atoms with E-state index in [1.807, 2.05) is 0 Å². The Morgan fingerprint density at radius 1 is 1.14 bits per heavy atom. The van der Waals surface area contributed by atoms with Gasteiger partial charge in [-0.05, 0) is 37.5 Å². The number of hydrogen-bond donors (Lipinski definition) is 1. The number of hydrogen-bond acceptors (Lipinski definition) is 0. The summed E-state index contributed by atoms with van der Waals surface area (Å²) < 4.78 is 0. The molecule has 0 amide bonds. The molecule has 0 saturated heterocycles. The van der Waals surface area contributed by atoms with Crippen LogP contribution in [0.15, 0.2) is 18.2 Å². The Balaban J connectivity index is 2.74. The summed E-state index contributed by atoms with van der Waals surface area (Å²) in [6.45, 7) is 6.58. The van der Waals surface area contributed by atoms with E-state index in [-0.39, 0.29) is 0 Å². The molecule has 0 atom stereocenters. The number of aromatic nitrogens is 1. The fraction of sp³-hybridized carbons (Fsp3) is 0.385. The summed E-state index contributed by atoms with van der Waals surface area (Å²) in [5.74, 6) is 0. The van der Waals surface area contributed by atoms with E-state index in [0.29, 0.717) is 0 Å². The Kier molecular flexibility index (Phi) is 2.32. The summed E-state index contributed by atoms with van der Waals surface area (Å²) in [7, 11) is 0. The van der Waals surface area contributed by atoms with Crippen molar-refractivity contribution in [2.75, 3.05) is 0 Å². The van der Waals surface area contributed by atoms with Crippen molar-refractivity contribution in [3.05, 3.63) is 35.0 Å². The van der Waals surface area contributed by atoms with Crippen LogP contribution in [0.3, 0.4) is 0 Å². The van der Waals surface area contributed by atoms with E-state index in [2.05, 4.69) is 44.0 Å². The van der Waals surface area contributed by atoms with Crippen LogP contribution in [0, 0.1) is 6.92 Å². The molecule has 0 fully saturated rings. The molecular weight excluding hydrogens is 170 g/mol. The third-order valence-corrected chi connectivity index (χ3v) is 2.86. The molecule has 0 bridgehead atoms. The van der Waals surface area contributed by atoms with E-state index >= 15 is 0 Å². The molecule has 0 spiro atoms. The Bertz CT molecular complexity index is 451. The SMILES string of the molecule is CCc1[nH]c2ccc(C)cc2c1CC. The number of benzene rings is 1. The predicted octanol–water partition coefficient (Wildman–Crippen LogP) is 3.60. The summed E-state index contributed by atoms with van der Waals surface area (Å²) in [5.41, 5.74) is 5.51. The van der Waals surface area contributed by atoms with E-state index in [1.165, 1.54) is 27.7 Å². The fourth-order valence-electron chi connectivity index (χ4n) is 2.12. The summed E-state index contributed by atoms with van der Waals surface area (Å²) in [6, 6.07) is 6.63. The average Bonchev–Trinajstić information content (AvgIpc) is 2.54. The summed E-state index contributed by atoms with van der Waals surface area (Å²) >= 11 is 0. The minimum atomic E-state index is 1.09. The van der Waals surface area contributed by atoms with Gasteiger partial charge in [-0.3, -0.25) is 0 Å². The maximum absolute atomic E-state index is 3.49. The van der Waals surface area contributed by atoms with Crippen LogP contribution in [-0.4, -0.2) is 4.98 Å². The molecule has 1 aromatic carbocycles. The number of aromatic amines is 1. The normalized spacial score (nSPS) is 11.1. The van der Waals surface area contributed by atoms with Crippen LogP contribution < -0.4 is 0 Å². The second-order valence-corrected chi connectivity index (χ2v) is 3.84. The average molecular weight is 187 g/mol. The second kappa shape index (κ2) is 3.49. The standard InChI is InChI=1S/C13H17N/c1-4-10-11-8-9(3)6-7-13(11)14-12(10)5-2/h6-8,14H,4-5H2,1-3H3. The summed E-state index contributed by atoms with van der Waals surface area (Å²) in [4.78, 5) is 3.49. The maximum Gasteiger partial charge on any atom is 0.0459 e. The van der Waals surface area contributed by atoms with Gasteiger partial charge in [-0.25, -0.2) is 0 Å². The Hall–Kier alpha value is -1.24. The van der Waals surface area contributed by atoms with Crippen molar-refractivity contribution in [1.82, 2.24) is 4.98 Å². The minimum Gasteiger partial charge on any atom is -0.358 e. The summed E-state index contributed by atoms with van der Waals surface area (Å²) in [5, 5.41) is 1.41. The third-order valence-electron chi connectivity index (χ3n) is 2.86. The monoisotopic (exact) mass is 187 g/mol. The first-order chi connectivity index (χ1) is 6.76. The number of nitrogens with one attached hydrogen (secondary N) is 1. The molecule has 1 heteroatoms. The number of aryl methyl sites for hydroxylation is 3. The van der Waals surface area contributed by atoms with Gasteiger partial charge in [-0.2, -0.15) is 0 Å². The van der Waals surface area contributed by atoms with Crippen molar-refractivity contribution in [3.8, 4) is 0 Å². The smallest absolute Gasteiger partial charge is 0.0459 e. The van der Waals surface area contributed by atoms with Crippen LogP contribution in [-0.2, 0) is 12.8 Å². The minimum absolute atomic E-state index is 1.09. The highest BCUT2D eigenvalue weighted by Crippen LogP contribution is 2.24. The molecule has 74 valence electrons. The molecule has 0 aliphatic carbocycles. The topological polar surface area (TPSA) is 15.8 Å². The van der Waals surface area contributed by atoms with E-state index in [4.69, 9.17) is 0 Å².